The van der Waals surface area contributed by atoms with Crippen molar-refractivity contribution in [3.8, 4) is 0 Å². The van der Waals surface area contributed by atoms with E-state index in [1.165, 1.54) is 11.1 Å². The van der Waals surface area contributed by atoms with Crippen LogP contribution < -0.4 is 16.8 Å². The second kappa shape index (κ2) is 2.68. The Morgan fingerprint density at radius 2 is 2.08 bits per heavy atom. The second-order valence-electron chi connectivity index (χ2n) is 3.13. The van der Waals surface area contributed by atoms with E-state index >= 15 is 0 Å². The largest absolute Gasteiger partial charge is 0.397 e. The highest BCUT2D eigenvalue weighted by Crippen LogP contribution is 2.25. The molecule has 1 aliphatic heterocycles. The molecule has 0 fully saturated rings. The molecule has 0 spiro atoms. The van der Waals surface area contributed by atoms with Crippen molar-refractivity contribution in [3.63, 3.8) is 0 Å². The van der Waals surface area contributed by atoms with Crippen molar-refractivity contribution in [3.05, 3.63) is 23.3 Å². The van der Waals surface area contributed by atoms with Gasteiger partial charge < -0.3 is 16.8 Å². The molecule has 0 saturated carbocycles. The van der Waals surface area contributed by atoms with Gasteiger partial charge in [0.15, 0.2) is 0 Å². The third kappa shape index (κ3) is 1.02. The Balaban J connectivity index is 2.54. The van der Waals surface area contributed by atoms with Gasteiger partial charge in [0.25, 0.3) is 0 Å². The Kier molecular flexibility index (Phi) is 1.66. The van der Waals surface area contributed by atoms with E-state index in [0.717, 1.165) is 25.2 Å². The molecular formula is C9H13N3. The van der Waals surface area contributed by atoms with Crippen LogP contribution in [0.3, 0.4) is 0 Å². The van der Waals surface area contributed by atoms with Crippen LogP contribution in [0, 0.1) is 0 Å². The van der Waals surface area contributed by atoms with Gasteiger partial charge in [-0.3, -0.25) is 0 Å². The van der Waals surface area contributed by atoms with Crippen LogP contribution in [0.25, 0.3) is 0 Å². The maximum absolute atomic E-state index is 5.85. The molecule has 1 aliphatic rings. The van der Waals surface area contributed by atoms with E-state index in [9.17, 15) is 0 Å². The third-order valence-corrected chi connectivity index (χ3v) is 2.36. The molecule has 1 heterocycles. The fraction of sp³-hybridized carbons (Fsp3) is 0.333. The molecule has 1 aromatic carbocycles. The van der Waals surface area contributed by atoms with Crippen LogP contribution in [0.5, 0.6) is 0 Å². The van der Waals surface area contributed by atoms with E-state index in [4.69, 9.17) is 11.5 Å². The number of hydrogen-bond acceptors (Lipinski definition) is 3. The van der Waals surface area contributed by atoms with E-state index in [1.807, 2.05) is 12.1 Å². The Labute approximate surface area is 71.8 Å². The predicted molar refractivity (Wildman–Crippen MR) is 50.7 cm³/mol. The van der Waals surface area contributed by atoms with Crippen molar-refractivity contribution in [2.24, 2.45) is 0 Å². The summed E-state index contributed by atoms with van der Waals surface area (Å²) in [5, 5.41) is 3.29. The van der Waals surface area contributed by atoms with E-state index < -0.39 is 0 Å². The molecule has 0 aliphatic carbocycles. The average Bonchev–Trinajstić information content (AvgIpc) is 2.12. The lowest BCUT2D eigenvalue weighted by atomic mass is 9.98. The molecule has 0 amide bonds. The molecule has 0 aromatic heterocycles. The fourth-order valence-corrected chi connectivity index (χ4v) is 1.63. The van der Waals surface area contributed by atoms with E-state index in [0.29, 0.717) is 5.69 Å². The van der Waals surface area contributed by atoms with Gasteiger partial charge in [-0.05, 0) is 30.2 Å². The first-order chi connectivity index (χ1) is 5.79. The predicted octanol–water partition coefficient (Wildman–Crippen LogP) is 0.497. The first-order valence-corrected chi connectivity index (χ1v) is 4.15. The summed E-state index contributed by atoms with van der Waals surface area (Å²) in [5.41, 5.74) is 15.5. The van der Waals surface area contributed by atoms with Crippen molar-refractivity contribution in [2.75, 3.05) is 18.0 Å². The van der Waals surface area contributed by atoms with E-state index in [-0.39, 0.29) is 0 Å². The molecule has 1 aromatic rings. The zero-order valence-electron chi connectivity index (χ0n) is 6.93. The maximum Gasteiger partial charge on any atom is 0.0584 e. The number of hydrogen-bond donors (Lipinski definition) is 3. The van der Waals surface area contributed by atoms with Crippen LogP contribution in [-0.4, -0.2) is 6.54 Å². The topological polar surface area (TPSA) is 64.1 Å². The van der Waals surface area contributed by atoms with Crippen LogP contribution in [0.15, 0.2) is 12.1 Å². The molecular weight excluding hydrogens is 150 g/mol. The molecule has 12 heavy (non-hydrogen) atoms. The van der Waals surface area contributed by atoms with Crippen LogP contribution in [0.2, 0.25) is 0 Å². The molecule has 0 saturated heterocycles. The van der Waals surface area contributed by atoms with Crippen LogP contribution in [0.4, 0.5) is 11.4 Å². The smallest absolute Gasteiger partial charge is 0.0584 e. The summed E-state index contributed by atoms with van der Waals surface area (Å²) in [6, 6.07) is 3.92. The number of benzene rings is 1. The lowest BCUT2D eigenvalue weighted by molar-refractivity contribution is 0.645. The number of rotatable bonds is 0. The van der Waals surface area contributed by atoms with Crippen LogP contribution in [0.1, 0.15) is 11.1 Å². The molecule has 64 valence electrons. The van der Waals surface area contributed by atoms with Crippen LogP contribution >= 0.6 is 0 Å². The molecule has 2 rings (SSSR count). The lowest BCUT2D eigenvalue weighted by Crippen LogP contribution is -2.24. The normalized spacial score (nSPS) is 15.7. The highest BCUT2D eigenvalue weighted by atomic mass is 14.9. The zero-order valence-corrected chi connectivity index (χ0v) is 6.93. The third-order valence-electron chi connectivity index (χ3n) is 2.36. The summed E-state index contributed by atoms with van der Waals surface area (Å²) >= 11 is 0. The van der Waals surface area contributed by atoms with Gasteiger partial charge in [0.1, 0.15) is 0 Å². The van der Waals surface area contributed by atoms with Gasteiger partial charge >= 0.3 is 0 Å². The standard InChI is InChI=1S/C9H13N3/c10-8-2-1-6-5-12-4-3-7(6)9(8)11/h1-2,12H,3-5,10-11H2. The molecule has 3 heteroatoms. The molecule has 3 nitrogen and oxygen atoms in total. The Bertz CT molecular complexity index is 307. The SMILES string of the molecule is Nc1ccc2c(c1N)CCNC2. The summed E-state index contributed by atoms with van der Waals surface area (Å²) in [4.78, 5) is 0. The highest BCUT2D eigenvalue weighted by molar-refractivity contribution is 5.69. The second-order valence-corrected chi connectivity index (χ2v) is 3.13. The van der Waals surface area contributed by atoms with Gasteiger partial charge in [0.05, 0.1) is 11.4 Å². The lowest BCUT2D eigenvalue weighted by Gasteiger charge is -2.19. The molecule has 0 unspecified atom stereocenters. The quantitative estimate of drug-likeness (QED) is 0.488. The Morgan fingerprint density at radius 1 is 1.25 bits per heavy atom. The zero-order chi connectivity index (χ0) is 8.55. The molecule has 0 atom stereocenters. The van der Waals surface area contributed by atoms with Gasteiger partial charge in [-0.15, -0.1) is 0 Å². The Morgan fingerprint density at radius 3 is 2.92 bits per heavy atom. The summed E-state index contributed by atoms with van der Waals surface area (Å²) in [7, 11) is 0. The Hall–Kier alpha value is -1.22. The number of fused-ring (bicyclic) bond motifs is 1. The van der Waals surface area contributed by atoms with Crippen molar-refractivity contribution in [2.45, 2.75) is 13.0 Å². The minimum atomic E-state index is 0.704. The van der Waals surface area contributed by atoms with Crippen molar-refractivity contribution in [1.82, 2.24) is 5.32 Å². The van der Waals surface area contributed by atoms with Gasteiger partial charge in [-0.25, -0.2) is 0 Å². The summed E-state index contributed by atoms with van der Waals surface area (Å²) in [6.07, 6.45) is 0.992. The fourth-order valence-electron chi connectivity index (χ4n) is 1.63. The maximum atomic E-state index is 5.85. The minimum Gasteiger partial charge on any atom is -0.397 e. The number of anilines is 2. The van der Waals surface area contributed by atoms with Gasteiger partial charge in [-0.1, -0.05) is 6.07 Å². The van der Waals surface area contributed by atoms with Crippen LogP contribution in [-0.2, 0) is 13.0 Å². The van der Waals surface area contributed by atoms with Gasteiger partial charge in [-0.2, -0.15) is 0 Å². The van der Waals surface area contributed by atoms with Crippen molar-refractivity contribution < 1.29 is 0 Å². The summed E-state index contributed by atoms with van der Waals surface area (Å²) in [5.74, 6) is 0. The molecule has 5 N–H and O–H groups in total. The first kappa shape index (κ1) is 7.43. The molecule has 0 bridgehead atoms. The average molecular weight is 163 g/mol. The number of nitrogens with two attached hydrogens (primary N) is 2. The monoisotopic (exact) mass is 163 g/mol. The van der Waals surface area contributed by atoms with Crippen molar-refractivity contribution >= 4 is 11.4 Å². The summed E-state index contributed by atoms with van der Waals surface area (Å²) in [6.45, 7) is 1.92. The van der Waals surface area contributed by atoms with Gasteiger partial charge in [0.2, 0.25) is 0 Å². The van der Waals surface area contributed by atoms with E-state index in [2.05, 4.69) is 5.32 Å². The molecule has 0 radical (unpaired) electrons. The number of nitrogen functional groups attached to an aromatic ring is 2. The summed E-state index contributed by atoms with van der Waals surface area (Å²) < 4.78 is 0. The number of nitrogens with one attached hydrogen (secondary N) is 1. The van der Waals surface area contributed by atoms with Crippen molar-refractivity contribution in [1.29, 1.82) is 0 Å². The van der Waals surface area contributed by atoms with E-state index in [1.54, 1.807) is 0 Å². The minimum absolute atomic E-state index is 0.704. The van der Waals surface area contributed by atoms with Gasteiger partial charge in [0, 0.05) is 6.54 Å². The highest BCUT2D eigenvalue weighted by Gasteiger charge is 2.12. The first-order valence-electron chi connectivity index (χ1n) is 4.15.